The van der Waals surface area contributed by atoms with E-state index in [2.05, 4.69) is 29.4 Å². The number of benzene rings is 1. The molecule has 2 amide bonds. The molecule has 0 saturated carbocycles. The minimum atomic E-state index is -0.0680. The van der Waals surface area contributed by atoms with E-state index in [1.165, 1.54) is 22.9 Å². The highest BCUT2D eigenvalue weighted by atomic mass is 35.5. The first-order valence-corrected chi connectivity index (χ1v) is 11.2. The Morgan fingerprint density at radius 1 is 1.18 bits per heavy atom. The molecule has 0 bridgehead atoms. The number of alkyl halides is 1. The second-order valence-corrected chi connectivity index (χ2v) is 9.86. The van der Waals surface area contributed by atoms with Crippen LogP contribution in [0.4, 0.5) is 0 Å². The van der Waals surface area contributed by atoms with E-state index in [1.54, 1.807) is 0 Å². The van der Waals surface area contributed by atoms with Gasteiger partial charge in [0.1, 0.15) is 0 Å². The number of halogens is 1. The largest absolute Gasteiger partial charge is 0.347 e. The molecule has 0 aromatic heterocycles. The molecule has 1 aromatic rings. The second-order valence-electron chi connectivity index (χ2n) is 7.83. The predicted octanol–water partition coefficient (Wildman–Crippen LogP) is 2.63. The molecule has 0 spiro atoms. The molecule has 2 atom stereocenters. The van der Waals surface area contributed by atoms with E-state index in [1.807, 2.05) is 17.0 Å². The smallest absolute Gasteiger partial charge is 0.257 e. The number of carbonyl (C=O) groups excluding carboxylic acids is 2. The normalized spacial score (nSPS) is 25.2. The fourth-order valence-corrected chi connectivity index (χ4v) is 5.25. The number of nitrogens with one attached hydrogen (secondary N) is 1. The van der Waals surface area contributed by atoms with Gasteiger partial charge in [-0.15, -0.1) is 23.4 Å². The standard InChI is InChI=1S/C21H26ClN3O2S/c1-24-9-6-14-2-3-16(12-15(14)7-10-24)21(27)25-11-8-17(13-25)23-20(26)18-4-5-19(22)28-18/h2-4,12,17,19H,5-11,13H2,1H3,(H,23,26)/t17-,19?/m0/s1. The topological polar surface area (TPSA) is 52.7 Å². The Hall–Kier alpha value is -1.50. The van der Waals surface area contributed by atoms with Gasteiger partial charge in [-0.1, -0.05) is 12.1 Å². The first kappa shape index (κ1) is 19.8. The van der Waals surface area contributed by atoms with Gasteiger partial charge in [-0.3, -0.25) is 9.59 Å². The van der Waals surface area contributed by atoms with Gasteiger partial charge in [-0.05, 0) is 56.0 Å². The van der Waals surface area contributed by atoms with Gasteiger partial charge in [0, 0.05) is 37.8 Å². The molecular formula is C21H26ClN3O2S. The van der Waals surface area contributed by atoms with Crippen molar-refractivity contribution in [1.82, 2.24) is 15.1 Å². The molecular weight excluding hydrogens is 394 g/mol. The summed E-state index contributed by atoms with van der Waals surface area (Å²) in [6, 6.07) is 6.15. The average molecular weight is 420 g/mol. The third kappa shape index (κ3) is 4.39. The van der Waals surface area contributed by atoms with Crippen LogP contribution in [-0.2, 0) is 17.6 Å². The van der Waals surface area contributed by atoms with Gasteiger partial charge in [0.25, 0.3) is 11.8 Å². The highest BCUT2D eigenvalue weighted by Crippen LogP contribution is 2.34. The van der Waals surface area contributed by atoms with Crippen LogP contribution >= 0.6 is 23.4 Å². The van der Waals surface area contributed by atoms with Crippen molar-refractivity contribution in [2.24, 2.45) is 0 Å². The van der Waals surface area contributed by atoms with Gasteiger partial charge in [-0.2, -0.15) is 0 Å². The summed E-state index contributed by atoms with van der Waals surface area (Å²) < 4.78 is -0.0459. The molecule has 3 aliphatic heterocycles. The van der Waals surface area contributed by atoms with Crippen LogP contribution in [0.3, 0.4) is 0 Å². The minimum Gasteiger partial charge on any atom is -0.347 e. The summed E-state index contributed by atoms with van der Waals surface area (Å²) in [5, 5.41) is 3.05. The SMILES string of the molecule is CN1CCc2ccc(C(=O)N3CC[C@H](NC(=O)C4=CCC(Cl)S4)C3)cc2CC1. The Labute approximate surface area is 175 Å². The van der Waals surface area contributed by atoms with Gasteiger partial charge in [0.2, 0.25) is 0 Å². The number of hydrogen-bond acceptors (Lipinski definition) is 4. The van der Waals surface area contributed by atoms with Gasteiger partial charge >= 0.3 is 0 Å². The molecule has 28 heavy (non-hydrogen) atoms. The fourth-order valence-electron chi connectivity index (χ4n) is 4.05. The lowest BCUT2D eigenvalue weighted by Crippen LogP contribution is -2.38. The summed E-state index contributed by atoms with van der Waals surface area (Å²) >= 11 is 7.45. The molecule has 150 valence electrons. The van der Waals surface area contributed by atoms with Crippen LogP contribution in [0.1, 0.15) is 34.3 Å². The van der Waals surface area contributed by atoms with E-state index < -0.39 is 0 Å². The number of allylic oxidation sites excluding steroid dienone is 1. The maximum absolute atomic E-state index is 13.0. The molecule has 3 heterocycles. The summed E-state index contributed by atoms with van der Waals surface area (Å²) in [5.74, 6) is -0.00553. The molecule has 1 saturated heterocycles. The molecule has 4 rings (SSSR count). The number of thioether (sulfide) groups is 1. The van der Waals surface area contributed by atoms with Crippen molar-refractivity contribution in [2.45, 2.75) is 36.4 Å². The second kappa shape index (κ2) is 8.47. The van der Waals surface area contributed by atoms with Crippen LogP contribution < -0.4 is 5.32 Å². The Kier molecular flexibility index (Phi) is 5.99. The molecule has 0 aliphatic carbocycles. The first-order valence-electron chi connectivity index (χ1n) is 9.91. The molecule has 3 aliphatic rings. The van der Waals surface area contributed by atoms with Crippen molar-refractivity contribution >= 4 is 35.2 Å². The zero-order valence-corrected chi connectivity index (χ0v) is 17.7. The third-order valence-corrected chi connectivity index (χ3v) is 7.26. The summed E-state index contributed by atoms with van der Waals surface area (Å²) in [6.45, 7) is 3.33. The zero-order chi connectivity index (χ0) is 19.7. The number of amides is 2. The number of nitrogens with zero attached hydrogens (tertiary/aromatic N) is 2. The summed E-state index contributed by atoms with van der Waals surface area (Å²) in [6.07, 6.45) is 5.42. The Balaban J connectivity index is 1.36. The van der Waals surface area contributed by atoms with Crippen LogP contribution in [0.2, 0.25) is 0 Å². The monoisotopic (exact) mass is 419 g/mol. The summed E-state index contributed by atoms with van der Waals surface area (Å²) in [5.41, 5.74) is 3.40. The van der Waals surface area contributed by atoms with Crippen molar-refractivity contribution in [2.75, 3.05) is 33.2 Å². The maximum Gasteiger partial charge on any atom is 0.257 e. The van der Waals surface area contributed by atoms with Crippen molar-refractivity contribution in [3.05, 3.63) is 45.9 Å². The van der Waals surface area contributed by atoms with Crippen molar-refractivity contribution < 1.29 is 9.59 Å². The molecule has 1 unspecified atom stereocenters. The number of likely N-dealkylation sites (N-methyl/N-ethyl adjacent to an activating group) is 1. The van der Waals surface area contributed by atoms with Gasteiger partial charge in [0.05, 0.1) is 9.61 Å². The lowest BCUT2D eigenvalue weighted by atomic mass is 9.99. The molecule has 1 fully saturated rings. The van der Waals surface area contributed by atoms with E-state index in [-0.39, 0.29) is 22.6 Å². The third-order valence-electron chi connectivity index (χ3n) is 5.76. The van der Waals surface area contributed by atoms with Gasteiger partial charge < -0.3 is 15.1 Å². The predicted molar refractivity (Wildman–Crippen MR) is 114 cm³/mol. The molecule has 1 aromatic carbocycles. The van der Waals surface area contributed by atoms with Crippen LogP contribution in [0, 0.1) is 0 Å². The van der Waals surface area contributed by atoms with Gasteiger partial charge in [0.15, 0.2) is 0 Å². The highest BCUT2D eigenvalue weighted by Gasteiger charge is 2.30. The highest BCUT2D eigenvalue weighted by molar-refractivity contribution is 8.05. The van der Waals surface area contributed by atoms with Crippen molar-refractivity contribution in [3.8, 4) is 0 Å². The Morgan fingerprint density at radius 3 is 2.71 bits per heavy atom. The number of rotatable bonds is 3. The fraction of sp³-hybridized carbons (Fsp3) is 0.524. The minimum absolute atomic E-state index is 0.00167. The van der Waals surface area contributed by atoms with Crippen LogP contribution in [0.15, 0.2) is 29.2 Å². The van der Waals surface area contributed by atoms with Crippen LogP contribution in [-0.4, -0.2) is 65.6 Å². The van der Waals surface area contributed by atoms with E-state index in [4.69, 9.17) is 11.6 Å². The summed E-state index contributed by atoms with van der Waals surface area (Å²) in [4.78, 5) is 30.2. The number of fused-ring (bicyclic) bond motifs is 1. The number of carbonyl (C=O) groups is 2. The van der Waals surface area contributed by atoms with Crippen molar-refractivity contribution in [1.29, 1.82) is 0 Å². The quantitative estimate of drug-likeness (QED) is 0.765. The Morgan fingerprint density at radius 2 is 1.96 bits per heavy atom. The maximum atomic E-state index is 13.0. The number of likely N-dealkylation sites (tertiary alicyclic amines) is 1. The van der Waals surface area contributed by atoms with Crippen LogP contribution in [0.5, 0.6) is 0 Å². The lowest BCUT2D eigenvalue weighted by Gasteiger charge is -2.18. The first-order chi connectivity index (χ1) is 13.5. The zero-order valence-electron chi connectivity index (χ0n) is 16.1. The lowest BCUT2D eigenvalue weighted by molar-refractivity contribution is -0.117. The van der Waals surface area contributed by atoms with E-state index in [9.17, 15) is 9.59 Å². The van der Waals surface area contributed by atoms with E-state index >= 15 is 0 Å². The van der Waals surface area contributed by atoms with E-state index in [0.29, 0.717) is 18.0 Å². The van der Waals surface area contributed by atoms with Gasteiger partial charge in [-0.25, -0.2) is 0 Å². The molecule has 5 nitrogen and oxygen atoms in total. The van der Waals surface area contributed by atoms with E-state index in [0.717, 1.165) is 44.3 Å². The average Bonchev–Trinajstić information content (AvgIpc) is 3.29. The molecule has 1 N–H and O–H groups in total. The molecule has 0 radical (unpaired) electrons. The van der Waals surface area contributed by atoms with Crippen molar-refractivity contribution in [3.63, 3.8) is 0 Å². The summed E-state index contributed by atoms with van der Waals surface area (Å²) in [7, 11) is 2.14. The number of hydrogen-bond donors (Lipinski definition) is 1. The molecule has 7 heteroatoms. The van der Waals surface area contributed by atoms with Crippen LogP contribution in [0.25, 0.3) is 0 Å². The Bertz CT molecular complexity index is 813.